The first-order chi connectivity index (χ1) is 7.85. The number of hydrogen-bond acceptors (Lipinski definition) is 3. The highest BCUT2D eigenvalue weighted by Gasteiger charge is 2.27. The fourth-order valence-corrected chi connectivity index (χ4v) is 3.46. The Morgan fingerprint density at radius 3 is 3.12 bits per heavy atom. The van der Waals surface area contributed by atoms with Crippen LogP contribution >= 0.6 is 11.3 Å². The first-order valence-electron chi connectivity index (χ1n) is 6.31. The van der Waals surface area contributed by atoms with E-state index in [1.807, 2.05) is 0 Å². The van der Waals surface area contributed by atoms with Gasteiger partial charge in [0.1, 0.15) is 0 Å². The van der Waals surface area contributed by atoms with Crippen LogP contribution in [0.4, 0.5) is 0 Å². The van der Waals surface area contributed by atoms with Crippen molar-refractivity contribution < 1.29 is 0 Å². The lowest BCUT2D eigenvalue weighted by molar-refractivity contribution is 0.240. The molecule has 1 aromatic rings. The third-order valence-electron chi connectivity index (χ3n) is 3.61. The predicted molar refractivity (Wildman–Crippen MR) is 70.7 cm³/mol. The summed E-state index contributed by atoms with van der Waals surface area (Å²) >= 11 is 1.77. The third-order valence-corrected chi connectivity index (χ3v) is 4.31. The maximum absolute atomic E-state index is 5.93. The summed E-state index contributed by atoms with van der Waals surface area (Å²) in [6.45, 7) is 5.49. The monoisotopic (exact) mass is 238 g/mol. The quantitative estimate of drug-likeness (QED) is 0.854. The molecule has 2 rings (SSSR count). The van der Waals surface area contributed by atoms with Crippen LogP contribution in [0.1, 0.15) is 37.8 Å². The average Bonchev–Trinajstić information content (AvgIpc) is 2.92. The molecule has 16 heavy (non-hydrogen) atoms. The predicted octanol–water partition coefficient (Wildman–Crippen LogP) is 2.87. The topological polar surface area (TPSA) is 29.3 Å². The summed E-state index contributed by atoms with van der Waals surface area (Å²) in [4.78, 5) is 2.57. The van der Waals surface area contributed by atoms with E-state index in [1.165, 1.54) is 37.9 Å². The smallest absolute Gasteiger partial charge is 0.0478 e. The zero-order chi connectivity index (χ0) is 11.4. The van der Waals surface area contributed by atoms with Crippen molar-refractivity contribution in [2.45, 2.75) is 32.2 Å². The Balaban J connectivity index is 1.96. The van der Waals surface area contributed by atoms with Crippen molar-refractivity contribution in [2.75, 3.05) is 19.6 Å². The van der Waals surface area contributed by atoms with Crippen molar-refractivity contribution in [3.05, 3.63) is 22.4 Å². The average molecular weight is 238 g/mol. The van der Waals surface area contributed by atoms with Crippen LogP contribution in [-0.4, -0.2) is 24.5 Å². The maximum Gasteiger partial charge on any atom is 0.0478 e. The largest absolute Gasteiger partial charge is 0.329 e. The van der Waals surface area contributed by atoms with Crippen LogP contribution in [0.15, 0.2) is 16.8 Å². The van der Waals surface area contributed by atoms with Crippen molar-refractivity contribution >= 4 is 11.3 Å². The van der Waals surface area contributed by atoms with Crippen LogP contribution in [0.25, 0.3) is 0 Å². The first kappa shape index (κ1) is 12.1. The third kappa shape index (κ3) is 2.65. The molecular weight excluding hydrogens is 216 g/mol. The van der Waals surface area contributed by atoms with Gasteiger partial charge in [-0.15, -0.1) is 0 Å². The maximum atomic E-state index is 5.93. The SMILES string of the molecule is CCCC1CCN(C(CN)c2ccsc2)C1. The molecule has 0 aromatic carbocycles. The Kier molecular flexibility index (Phi) is 4.38. The molecule has 2 unspecified atom stereocenters. The van der Waals surface area contributed by atoms with Crippen molar-refractivity contribution in [2.24, 2.45) is 11.7 Å². The Bertz CT molecular complexity index is 297. The van der Waals surface area contributed by atoms with E-state index in [-0.39, 0.29) is 0 Å². The second-order valence-electron chi connectivity index (χ2n) is 4.75. The Labute approximate surface area is 102 Å². The van der Waals surface area contributed by atoms with Crippen LogP contribution in [0.5, 0.6) is 0 Å². The van der Waals surface area contributed by atoms with Crippen LogP contribution < -0.4 is 5.73 Å². The molecule has 2 nitrogen and oxygen atoms in total. The van der Waals surface area contributed by atoms with Gasteiger partial charge in [0.25, 0.3) is 0 Å². The highest BCUT2D eigenvalue weighted by atomic mass is 32.1. The van der Waals surface area contributed by atoms with Crippen LogP contribution in [-0.2, 0) is 0 Å². The second-order valence-corrected chi connectivity index (χ2v) is 5.53. The van der Waals surface area contributed by atoms with Gasteiger partial charge in [0, 0.05) is 19.1 Å². The number of likely N-dealkylation sites (tertiary alicyclic amines) is 1. The summed E-state index contributed by atoms with van der Waals surface area (Å²) in [5.41, 5.74) is 7.33. The van der Waals surface area contributed by atoms with E-state index in [4.69, 9.17) is 5.73 Å². The molecule has 0 amide bonds. The normalized spacial score (nSPS) is 23.8. The highest BCUT2D eigenvalue weighted by molar-refractivity contribution is 7.07. The fraction of sp³-hybridized carbons (Fsp3) is 0.692. The summed E-state index contributed by atoms with van der Waals surface area (Å²) in [5.74, 6) is 0.901. The van der Waals surface area contributed by atoms with Gasteiger partial charge in [0.05, 0.1) is 0 Å². The van der Waals surface area contributed by atoms with E-state index in [1.54, 1.807) is 11.3 Å². The lowest BCUT2D eigenvalue weighted by atomic mass is 10.0. The molecule has 1 aromatic heterocycles. The minimum absolute atomic E-state index is 0.452. The molecule has 0 spiro atoms. The van der Waals surface area contributed by atoms with Crippen LogP contribution in [0, 0.1) is 5.92 Å². The standard InChI is InChI=1S/C13H22N2S/c1-2-3-11-4-6-15(9-11)13(8-14)12-5-7-16-10-12/h5,7,10-11,13H,2-4,6,8-9,14H2,1H3. The van der Waals surface area contributed by atoms with E-state index in [0.717, 1.165) is 12.5 Å². The minimum atomic E-state index is 0.452. The summed E-state index contributed by atoms with van der Waals surface area (Å²) in [6, 6.07) is 2.67. The lowest BCUT2D eigenvalue weighted by Crippen LogP contribution is -2.31. The molecule has 2 N–H and O–H groups in total. The number of nitrogens with two attached hydrogens (primary N) is 1. The van der Waals surface area contributed by atoms with E-state index >= 15 is 0 Å². The molecule has 2 heterocycles. The van der Waals surface area contributed by atoms with E-state index in [9.17, 15) is 0 Å². The molecule has 1 saturated heterocycles. The molecular formula is C13H22N2S. The summed E-state index contributed by atoms with van der Waals surface area (Å²) in [6.07, 6.45) is 4.04. The van der Waals surface area contributed by atoms with Gasteiger partial charge in [0.15, 0.2) is 0 Å². The Morgan fingerprint density at radius 1 is 1.62 bits per heavy atom. The lowest BCUT2D eigenvalue weighted by Gasteiger charge is -2.26. The molecule has 0 saturated carbocycles. The molecule has 0 aliphatic carbocycles. The zero-order valence-electron chi connectivity index (χ0n) is 10.1. The van der Waals surface area contributed by atoms with Crippen LogP contribution in [0.3, 0.4) is 0 Å². The zero-order valence-corrected chi connectivity index (χ0v) is 10.9. The second kappa shape index (κ2) is 5.80. The summed E-state index contributed by atoms with van der Waals surface area (Å²) < 4.78 is 0. The Hall–Kier alpha value is -0.380. The van der Waals surface area contributed by atoms with Gasteiger partial charge >= 0.3 is 0 Å². The minimum Gasteiger partial charge on any atom is -0.329 e. The number of nitrogens with zero attached hydrogens (tertiary/aromatic N) is 1. The Morgan fingerprint density at radius 2 is 2.50 bits per heavy atom. The van der Waals surface area contributed by atoms with Gasteiger partial charge in [-0.25, -0.2) is 0 Å². The number of thiophene rings is 1. The van der Waals surface area contributed by atoms with Crippen molar-refractivity contribution in [3.8, 4) is 0 Å². The molecule has 0 radical (unpaired) electrons. The van der Waals surface area contributed by atoms with E-state index < -0.39 is 0 Å². The molecule has 0 bridgehead atoms. The summed E-state index contributed by atoms with van der Waals surface area (Å²) in [7, 11) is 0. The molecule has 3 heteroatoms. The molecule has 2 atom stereocenters. The molecule has 1 aliphatic rings. The first-order valence-corrected chi connectivity index (χ1v) is 7.25. The molecule has 1 aliphatic heterocycles. The number of rotatable bonds is 5. The fourth-order valence-electron chi connectivity index (χ4n) is 2.75. The van der Waals surface area contributed by atoms with E-state index in [0.29, 0.717) is 6.04 Å². The van der Waals surface area contributed by atoms with Crippen molar-refractivity contribution in [3.63, 3.8) is 0 Å². The van der Waals surface area contributed by atoms with Gasteiger partial charge in [-0.05, 0) is 47.7 Å². The van der Waals surface area contributed by atoms with Gasteiger partial charge < -0.3 is 5.73 Å². The highest BCUT2D eigenvalue weighted by Crippen LogP contribution is 2.29. The molecule has 90 valence electrons. The molecule has 1 fully saturated rings. The van der Waals surface area contributed by atoms with E-state index in [2.05, 4.69) is 28.7 Å². The van der Waals surface area contributed by atoms with Gasteiger partial charge in [-0.2, -0.15) is 11.3 Å². The van der Waals surface area contributed by atoms with Crippen molar-refractivity contribution in [1.82, 2.24) is 4.90 Å². The van der Waals surface area contributed by atoms with Gasteiger partial charge in [-0.3, -0.25) is 4.90 Å². The summed E-state index contributed by atoms with van der Waals surface area (Å²) in [5, 5.41) is 4.39. The van der Waals surface area contributed by atoms with Crippen molar-refractivity contribution in [1.29, 1.82) is 0 Å². The van der Waals surface area contributed by atoms with Crippen LogP contribution in [0.2, 0.25) is 0 Å². The van der Waals surface area contributed by atoms with Gasteiger partial charge in [-0.1, -0.05) is 13.3 Å². The van der Waals surface area contributed by atoms with Gasteiger partial charge in [0.2, 0.25) is 0 Å². The number of hydrogen-bond donors (Lipinski definition) is 1.